The fourth-order valence-corrected chi connectivity index (χ4v) is 4.33. The van der Waals surface area contributed by atoms with Crippen LogP contribution < -0.4 is 16.3 Å². The van der Waals surface area contributed by atoms with Crippen molar-refractivity contribution in [3.8, 4) is 0 Å². The van der Waals surface area contributed by atoms with Crippen LogP contribution in [0.4, 0.5) is 25.1 Å². The quantitative estimate of drug-likeness (QED) is 0.186. The van der Waals surface area contributed by atoms with E-state index in [0.29, 0.717) is 43.1 Å². The minimum Gasteiger partial charge on any atom is -0.463 e. The van der Waals surface area contributed by atoms with Crippen LogP contribution in [0, 0.1) is 0 Å². The summed E-state index contributed by atoms with van der Waals surface area (Å²) in [4.78, 5) is 51.9. The number of esters is 1. The standard InChI is InChI=1S/C29H38F2N4O8/c1-2-3-11-18-41-28(40)34-22-16-17-35(27(39)33-22)26-29(30,31)25(38)21(43-26)19-42-24(37)15-10-5-4-9-14-23(36)32-20-12-7-6-8-13-20/h6-8,12-13,16-17,21,25-26,38H,2-5,9-11,14-15,18-19H2,1H3,(H,32,36)(H,33,34,39,40). The highest BCUT2D eigenvalue weighted by molar-refractivity contribution is 5.90. The van der Waals surface area contributed by atoms with Gasteiger partial charge in [0.25, 0.3) is 0 Å². The van der Waals surface area contributed by atoms with E-state index in [1.807, 2.05) is 25.1 Å². The first-order valence-corrected chi connectivity index (χ1v) is 14.4. The van der Waals surface area contributed by atoms with Gasteiger partial charge in [0.15, 0.2) is 6.10 Å². The topological polar surface area (TPSA) is 158 Å². The van der Waals surface area contributed by atoms with Crippen molar-refractivity contribution < 1.29 is 42.5 Å². The second-order valence-electron chi connectivity index (χ2n) is 10.1. The number of carbonyl (C=O) groups excluding carboxylic acids is 3. The molecule has 1 aliphatic rings. The highest BCUT2D eigenvalue weighted by Crippen LogP contribution is 2.42. The normalized spacial score (nSPS) is 19.0. The number of carbonyl (C=O) groups is 3. The molecule has 0 saturated carbocycles. The smallest absolute Gasteiger partial charge is 0.412 e. The van der Waals surface area contributed by atoms with Gasteiger partial charge in [-0.15, -0.1) is 0 Å². The Morgan fingerprint density at radius 3 is 2.42 bits per heavy atom. The molecule has 3 atom stereocenters. The second-order valence-corrected chi connectivity index (χ2v) is 10.1. The van der Waals surface area contributed by atoms with Gasteiger partial charge in [-0.2, -0.15) is 13.8 Å². The van der Waals surface area contributed by atoms with Crippen molar-refractivity contribution in [1.82, 2.24) is 9.55 Å². The Morgan fingerprint density at radius 1 is 1.00 bits per heavy atom. The molecule has 1 aromatic heterocycles. The average molecular weight is 609 g/mol. The average Bonchev–Trinajstić information content (AvgIpc) is 3.20. The monoisotopic (exact) mass is 608 g/mol. The van der Waals surface area contributed by atoms with Crippen LogP contribution in [-0.4, -0.2) is 64.0 Å². The SMILES string of the molecule is CCCCCOC(=O)Nc1ccn(C2OC(COC(=O)CCCCCCC(=O)Nc3ccccc3)C(O)C2(F)F)c(=O)n1. The number of hydrogen-bond donors (Lipinski definition) is 3. The molecule has 2 amide bonds. The molecule has 0 spiro atoms. The van der Waals surface area contributed by atoms with E-state index in [1.165, 1.54) is 0 Å². The summed E-state index contributed by atoms with van der Waals surface area (Å²) in [6, 6.07) is 10.2. The van der Waals surface area contributed by atoms with Crippen LogP contribution >= 0.6 is 0 Å². The number of ether oxygens (including phenoxy) is 3. The number of para-hydroxylation sites is 1. The van der Waals surface area contributed by atoms with Gasteiger partial charge in [0.1, 0.15) is 18.5 Å². The van der Waals surface area contributed by atoms with E-state index in [0.717, 1.165) is 30.8 Å². The third-order valence-electron chi connectivity index (χ3n) is 6.67. The number of nitrogens with one attached hydrogen (secondary N) is 2. The number of halogens is 2. The summed E-state index contributed by atoms with van der Waals surface area (Å²) in [5, 5.41) is 15.2. The van der Waals surface area contributed by atoms with Gasteiger partial charge in [0.2, 0.25) is 12.1 Å². The molecule has 236 valence electrons. The van der Waals surface area contributed by atoms with E-state index in [4.69, 9.17) is 14.2 Å². The summed E-state index contributed by atoms with van der Waals surface area (Å²) < 4.78 is 45.4. The predicted molar refractivity (Wildman–Crippen MR) is 152 cm³/mol. The van der Waals surface area contributed by atoms with E-state index < -0.39 is 48.7 Å². The number of unbranched alkanes of at least 4 members (excludes halogenated alkanes) is 5. The maximum absolute atomic E-state index is 14.8. The van der Waals surface area contributed by atoms with Crippen LogP contribution in [0.25, 0.3) is 0 Å². The second kappa shape index (κ2) is 16.7. The number of hydrogen-bond acceptors (Lipinski definition) is 9. The maximum atomic E-state index is 14.8. The van der Waals surface area contributed by atoms with Crippen LogP contribution in [0.2, 0.25) is 0 Å². The van der Waals surface area contributed by atoms with Gasteiger partial charge in [-0.1, -0.05) is 50.8 Å². The zero-order valence-electron chi connectivity index (χ0n) is 24.0. The zero-order valence-corrected chi connectivity index (χ0v) is 24.0. The molecule has 2 aromatic rings. The number of nitrogens with zero attached hydrogens (tertiary/aromatic N) is 2. The number of aliphatic hydroxyl groups is 1. The van der Waals surface area contributed by atoms with Crippen LogP contribution in [0.15, 0.2) is 47.4 Å². The van der Waals surface area contributed by atoms with Crippen molar-refractivity contribution in [2.45, 2.75) is 89.1 Å². The fraction of sp³-hybridized carbons (Fsp3) is 0.552. The molecule has 0 bridgehead atoms. The molecule has 1 saturated heterocycles. The molecular weight excluding hydrogens is 570 g/mol. The number of anilines is 2. The van der Waals surface area contributed by atoms with E-state index in [2.05, 4.69) is 15.6 Å². The van der Waals surface area contributed by atoms with Crippen LogP contribution in [0.5, 0.6) is 0 Å². The van der Waals surface area contributed by atoms with E-state index >= 15 is 0 Å². The maximum Gasteiger partial charge on any atom is 0.412 e. The first-order chi connectivity index (χ1) is 20.6. The number of amides is 2. The number of aliphatic hydroxyl groups excluding tert-OH is 1. The summed E-state index contributed by atoms with van der Waals surface area (Å²) in [5.74, 6) is -4.85. The number of aromatic nitrogens is 2. The Bertz CT molecular complexity index is 1260. The van der Waals surface area contributed by atoms with E-state index in [9.17, 15) is 33.1 Å². The van der Waals surface area contributed by atoms with E-state index in [-0.39, 0.29) is 24.8 Å². The molecule has 3 unspecified atom stereocenters. The van der Waals surface area contributed by atoms with Gasteiger partial charge < -0.3 is 24.6 Å². The predicted octanol–water partition coefficient (Wildman–Crippen LogP) is 4.40. The largest absolute Gasteiger partial charge is 0.463 e. The van der Waals surface area contributed by atoms with Gasteiger partial charge in [0, 0.05) is 24.7 Å². The molecular formula is C29H38F2N4O8. The van der Waals surface area contributed by atoms with Crippen molar-refractivity contribution in [2.24, 2.45) is 0 Å². The van der Waals surface area contributed by atoms with Gasteiger partial charge in [0.05, 0.1) is 6.61 Å². The summed E-state index contributed by atoms with van der Waals surface area (Å²) in [6.45, 7) is 1.53. The summed E-state index contributed by atoms with van der Waals surface area (Å²) in [7, 11) is 0. The van der Waals surface area contributed by atoms with Gasteiger partial charge >= 0.3 is 23.7 Å². The van der Waals surface area contributed by atoms with Crippen molar-refractivity contribution in [1.29, 1.82) is 0 Å². The van der Waals surface area contributed by atoms with Gasteiger partial charge in [-0.05, 0) is 37.5 Å². The Labute approximate surface area is 247 Å². The third kappa shape index (κ3) is 10.4. The van der Waals surface area contributed by atoms with Crippen molar-refractivity contribution in [3.63, 3.8) is 0 Å². The summed E-state index contributed by atoms with van der Waals surface area (Å²) in [5.41, 5.74) is -0.433. The molecule has 1 fully saturated rings. The van der Waals surface area contributed by atoms with Crippen molar-refractivity contribution in [2.75, 3.05) is 23.8 Å². The molecule has 43 heavy (non-hydrogen) atoms. The molecule has 2 heterocycles. The summed E-state index contributed by atoms with van der Waals surface area (Å²) in [6.07, 6.45) is -0.697. The number of rotatable bonds is 16. The first kappa shape index (κ1) is 33.6. The molecule has 1 aromatic carbocycles. The molecule has 3 N–H and O–H groups in total. The van der Waals surface area contributed by atoms with Crippen molar-refractivity contribution >= 4 is 29.5 Å². The Balaban J connectivity index is 1.38. The molecule has 14 heteroatoms. The Hall–Kier alpha value is -3.91. The van der Waals surface area contributed by atoms with Crippen LogP contribution in [0.3, 0.4) is 0 Å². The lowest BCUT2D eigenvalue weighted by molar-refractivity contribution is -0.150. The van der Waals surface area contributed by atoms with Crippen molar-refractivity contribution in [3.05, 3.63) is 53.1 Å². The molecule has 1 aliphatic heterocycles. The molecule has 0 aliphatic carbocycles. The molecule has 3 rings (SSSR count). The lowest BCUT2D eigenvalue weighted by Crippen LogP contribution is -2.42. The van der Waals surface area contributed by atoms with Crippen LogP contribution in [-0.2, 0) is 23.8 Å². The fourth-order valence-electron chi connectivity index (χ4n) is 4.33. The number of benzene rings is 1. The highest BCUT2D eigenvalue weighted by atomic mass is 19.3. The number of alkyl halides is 2. The Morgan fingerprint density at radius 2 is 1.72 bits per heavy atom. The summed E-state index contributed by atoms with van der Waals surface area (Å²) >= 11 is 0. The highest BCUT2D eigenvalue weighted by Gasteiger charge is 2.60. The van der Waals surface area contributed by atoms with Gasteiger partial charge in [-0.25, -0.2) is 9.59 Å². The molecule has 0 radical (unpaired) electrons. The van der Waals surface area contributed by atoms with Gasteiger partial charge in [-0.3, -0.25) is 19.5 Å². The third-order valence-corrected chi connectivity index (χ3v) is 6.67. The van der Waals surface area contributed by atoms with Crippen LogP contribution in [0.1, 0.15) is 70.9 Å². The Kier molecular flexibility index (Phi) is 13.0. The minimum absolute atomic E-state index is 0.0255. The lowest BCUT2D eigenvalue weighted by Gasteiger charge is -2.21. The zero-order chi connectivity index (χ0) is 31.2. The lowest BCUT2D eigenvalue weighted by atomic mass is 10.1. The van der Waals surface area contributed by atoms with E-state index in [1.54, 1.807) is 12.1 Å². The first-order valence-electron chi connectivity index (χ1n) is 14.4. The minimum atomic E-state index is -3.90. The molecule has 12 nitrogen and oxygen atoms in total.